The molecule has 0 spiro atoms. The standard InChI is InChI=1S/C13H17ClF3NO/c1-3-4-5-8-12(2,19)9-6-7-10(13(15,16)17)18-11(9)14/h6-7,19H,3-5,8H2,1-2H3. The van der Waals surface area contributed by atoms with Gasteiger partial charge in [-0.1, -0.05) is 43.9 Å². The van der Waals surface area contributed by atoms with Gasteiger partial charge in [-0.05, 0) is 19.4 Å². The van der Waals surface area contributed by atoms with Gasteiger partial charge in [-0.3, -0.25) is 0 Å². The van der Waals surface area contributed by atoms with Crippen molar-refractivity contribution in [2.75, 3.05) is 0 Å². The average Bonchev–Trinajstić information content (AvgIpc) is 2.27. The van der Waals surface area contributed by atoms with E-state index in [1.165, 1.54) is 6.07 Å². The highest BCUT2D eigenvalue weighted by Crippen LogP contribution is 2.35. The summed E-state index contributed by atoms with van der Waals surface area (Å²) in [5, 5.41) is 9.99. The fourth-order valence-corrected chi connectivity index (χ4v) is 2.21. The Morgan fingerprint density at radius 1 is 1.26 bits per heavy atom. The smallest absolute Gasteiger partial charge is 0.385 e. The summed E-state index contributed by atoms with van der Waals surface area (Å²) < 4.78 is 37.4. The molecule has 0 radical (unpaired) electrons. The number of unbranched alkanes of at least 4 members (excludes halogenated alkanes) is 2. The Kier molecular flexibility index (Phi) is 5.21. The normalized spacial score (nSPS) is 15.3. The minimum Gasteiger partial charge on any atom is -0.385 e. The average molecular weight is 296 g/mol. The molecule has 0 amide bonds. The molecule has 1 N–H and O–H groups in total. The number of halogens is 4. The topological polar surface area (TPSA) is 33.1 Å². The fraction of sp³-hybridized carbons (Fsp3) is 0.615. The second kappa shape index (κ2) is 6.09. The van der Waals surface area contributed by atoms with E-state index in [2.05, 4.69) is 4.98 Å². The minimum atomic E-state index is -4.53. The van der Waals surface area contributed by atoms with Crippen molar-refractivity contribution < 1.29 is 18.3 Å². The summed E-state index contributed by atoms with van der Waals surface area (Å²) in [6.45, 7) is 3.57. The van der Waals surface area contributed by atoms with E-state index in [-0.39, 0.29) is 10.7 Å². The number of aromatic nitrogens is 1. The molecule has 1 atom stereocenters. The maximum Gasteiger partial charge on any atom is 0.433 e. The first-order valence-corrected chi connectivity index (χ1v) is 6.53. The van der Waals surface area contributed by atoms with Gasteiger partial charge in [0.05, 0.1) is 5.60 Å². The van der Waals surface area contributed by atoms with Crippen LogP contribution in [-0.4, -0.2) is 10.1 Å². The Hall–Kier alpha value is -0.810. The van der Waals surface area contributed by atoms with Gasteiger partial charge in [-0.15, -0.1) is 0 Å². The fourth-order valence-electron chi connectivity index (χ4n) is 1.85. The molecule has 0 aliphatic rings. The van der Waals surface area contributed by atoms with Crippen molar-refractivity contribution in [1.82, 2.24) is 4.98 Å². The van der Waals surface area contributed by atoms with E-state index in [1.807, 2.05) is 6.92 Å². The summed E-state index contributed by atoms with van der Waals surface area (Å²) >= 11 is 5.76. The molecular weight excluding hydrogens is 279 g/mol. The molecule has 0 aliphatic carbocycles. The first kappa shape index (κ1) is 16.2. The first-order valence-electron chi connectivity index (χ1n) is 6.15. The molecule has 1 heterocycles. The highest BCUT2D eigenvalue weighted by Gasteiger charge is 2.34. The predicted octanol–water partition coefficient (Wildman–Crippen LogP) is 4.54. The van der Waals surface area contributed by atoms with Crippen molar-refractivity contribution in [3.05, 3.63) is 28.5 Å². The first-order chi connectivity index (χ1) is 8.68. The molecule has 0 saturated carbocycles. The maximum absolute atomic E-state index is 12.5. The van der Waals surface area contributed by atoms with E-state index in [1.54, 1.807) is 6.92 Å². The molecule has 1 aromatic rings. The van der Waals surface area contributed by atoms with Gasteiger partial charge < -0.3 is 5.11 Å². The molecule has 0 aliphatic heterocycles. The lowest BCUT2D eigenvalue weighted by atomic mass is 9.91. The zero-order valence-electron chi connectivity index (χ0n) is 10.9. The molecule has 6 heteroatoms. The van der Waals surface area contributed by atoms with Crippen molar-refractivity contribution >= 4 is 11.6 Å². The lowest BCUT2D eigenvalue weighted by molar-refractivity contribution is -0.141. The van der Waals surface area contributed by atoms with Crippen LogP contribution in [0.25, 0.3) is 0 Å². The van der Waals surface area contributed by atoms with Gasteiger partial charge in [0.2, 0.25) is 0 Å². The summed E-state index contributed by atoms with van der Waals surface area (Å²) in [6, 6.07) is 2.04. The number of aliphatic hydroxyl groups is 1. The second-order valence-corrected chi connectivity index (χ2v) is 5.12. The van der Waals surface area contributed by atoms with Crippen LogP contribution >= 0.6 is 11.6 Å². The Labute approximate surface area is 115 Å². The van der Waals surface area contributed by atoms with E-state index >= 15 is 0 Å². The van der Waals surface area contributed by atoms with Crippen LogP contribution in [0.4, 0.5) is 13.2 Å². The van der Waals surface area contributed by atoms with Crippen LogP contribution in [0.15, 0.2) is 12.1 Å². The molecule has 0 saturated heterocycles. The summed E-state index contributed by atoms with van der Waals surface area (Å²) in [4.78, 5) is 3.32. The number of hydrogen-bond donors (Lipinski definition) is 1. The molecule has 19 heavy (non-hydrogen) atoms. The van der Waals surface area contributed by atoms with Gasteiger partial charge in [-0.2, -0.15) is 13.2 Å². The largest absolute Gasteiger partial charge is 0.433 e. The van der Waals surface area contributed by atoms with Gasteiger partial charge >= 0.3 is 6.18 Å². The Morgan fingerprint density at radius 3 is 2.37 bits per heavy atom. The van der Waals surface area contributed by atoms with Gasteiger partial charge in [0.25, 0.3) is 0 Å². The van der Waals surface area contributed by atoms with Crippen LogP contribution in [0.2, 0.25) is 5.15 Å². The highest BCUT2D eigenvalue weighted by atomic mass is 35.5. The zero-order valence-corrected chi connectivity index (χ0v) is 11.6. The Balaban J connectivity index is 2.95. The van der Waals surface area contributed by atoms with Crippen molar-refractivity contribution in [1.29, 1.82) is 0 Å². The number of alkyl halides is 3. The van der Waals surface area contributed by atoms with Crippen LogP contribution in [-0.2, 0) is 11.8 Å². The molecule has 108 valence electrons. The number of rotatable bonds is 5. The Bertz CT molecular complexity index is 432. The van der Waals surface area contributed by atoms with Crippen molar-refractivity contribution in [2.45, 2.75) is 51.3 Å². The van der Waals surface area contributed by atoms with E-state index in [9.17, 15) is 18.3 Å². The lowest BCUT2D eigenvalue weighted by Gasteiger charge is -2.25. The quantitative estimate of drug-likeness (QED) is 0.639. The van der Waals surface area contributed by atoms with Crippen molar-refractivity contribution in [3.63, 3.8) is 0 Å². The number of nitrogens with zero attached hydrogens (tertiary/aromatic N) is 1. The van der Waals surface area contributed by atoms with Crippen LogP contribution in [0.1, 0.15) is 50.8 Å². The highest BCUT2D eigenvalue weighted by molar-refractivity contribution is 6.30. The number of hydrogen-bond acceptors (Lipinski definition) is 2. The third kappa shape index (κ3) is 4.35. The van der Waals surface area contributed by atoms with E-state index in [0.717, 1.165) is 25.3 Å². The van der Waals surface area contributed by atoms with Crippen molar-refractivity contribution in [3.8, 4) is 0 Å². The summed E-state index contributed by atoms with van der Waals surface area (Å²) in [6.07, 6.45) is -1.37. The molecule has 1 aromatic heterocycles. The van der Waals surface area contributed by atoms with Crippen LogP contribution in [0.5, 0.6) is 0 Å². The maximum atomic E-state index is 12.5. The van der Waals surface area contributed by atoms with Gasteiger partial charge in [0.15, 0.2) is 0 Å². The van der Waals surface area contributed by atoms with Gasteiger partial charge in [-0.25, -0.2) is 4.98 Å². The third-order valence-electron chi connectivity index (χ3n) is 2.99. The van der Waals surface area contributed by atoms with Gasteiger partial charge in [0, 0.05) is 5.56 Å². The molecule has 0 fully saturated rings. The minimum absolute atomic E-state index is 0.235. The Morgan fingerprint density at radius 2 is 1.89 bits per heavy atom. The molecule has 0 bridgehead atoms. The van der Waals surface area contributed by atoms with E-state index in [0.29, 0.717) is 6.42 Å². The molecule has 2 nitrogen and oxygen atoms in total. The number of pyridine rings is 1. The van der Waals surface area contributed by atoms with Crippen LogP contribution < -0.4 is 0 Å². The zero-order chi connectivity index (χ0) is 14.7. The summed E-state index contributed by atoms with van der Waals surface area (Å²) in [5.74, 6) is 0. The molecular formula is C13H17ClF3NO. The molecule has 1 unspecified atom stereocenters. The van der Waals surface area contributed by atoms with Crippen LogP contribution in [0, 0.1) is 0 Å². The molecule has 1 rings (SSSR count). The second-order valence-electron chi connectivity index (χ2n) is 4.76. The molecule has 0 aromatic carbocycles. The SMILES string of the molecule is CCCCCC(C)(O)c1ccc(C(F)(F)F)nc1Cl. The predicted molar refractivity (Wildman–Crippen MR) is 68.0 cm³/mol. The van der Waals surface area contributed by atoms with Gasteiger partial charge in [0.1, 0.15) is 10.8 Å². The lowest BCUT2D eigenvalue weighted by Crippen LogP contribution is -2.22. The van der Waals surface area contributed by atoms with Crippen molar-refractivity contribution in [2.24, 2.45) is 0 Å². The third-order valence-corrected chi connectivity index (χ3v) is 3.27. The van der Waals surface area contributed by atoms with E-state index in [4.69, 9.17) is 11.6 Å². The summed E-state index contributed by atoms with van der Waals surface area (Å²) in [5.41, 5.74) is -2.08. The summed E-state index contributed by atoms with van der Waals surface area (Å²) in [7, 11) is 0. The van der Waals surface area contributed by atoms with Crippen LogP contribution in [0.3, 0.4) is 0 Å². The van der Waals surface area contributed by atoms with E-state index < -0.39 is 17.5 Å². The monoisotopic (exact) mass is 295 g/mol.